The molecule has 0 aliphatic heterocycles. The van der Waals surface area contributed by atoms with Crippen LogP contribution in [0.25, 0.3) is 0 Å². The van der Waals surface area contributed by atoms with Crippen LogP contribution in [0.4, 0.5) is 0 Å². The molecule has 0 spiro atoms. The van der Waals surface area contributed by atoms with Crippen LogP contribution in [-0.4, -0.2) is 170 Å². The summed E-state index contributed by atoms with van der Waals surface area (Å²) in [5, 5.41) is 84.2. The van der Waals surface area contributed by atoms with Crippen molar-refractivity contribution in [3.05, 3.63) is 0 Å². The first-order chi connectivity index (χ1) is 24.2. The highest BCUT2D eigenvalue weighted by molar-refractivity contribution is 14.1. The summed E-state index contributed by atoms with van der Waals surface area (Å²) in [5.41, 5.74) is 7.01. The van der Waals surface area contributed by atoms with E-state index < -0.39 is 72.2 Å². The van der Waals surface area contributed by atoms with E-state index in [9.17, 15) is 74.4 Å². The van der Waals surface area contributed by atoms with Crippen LogP contribution in [0.15, 0.2) is 0 Å². The maximum atomic E-state index is 11.8. The summed E-state index contributed by atoms with van der Waals surface area (Å²) in [5.74, 6) is -3.57. The van der Waals surface area contributed by atoms with E-state index in [-0.39, 0.29) is 64.7 Å². The lowest BCUT2D eigenvalue weighted by Gasteiger charge is -2.25. The molecule has 0 aliphatic carbocycles. The Morgan fingerprint density at radius 3 is 1.27 bits per heavy atom. The van der Waals surface area contributed by atoms with Crippen LogP contribution < -0.4 is 27.4 Å². The van der Waals surface area contributed by atoms with Crippen molar-refractivity contribution in [2.45, 2.75) is 87.4 Å². The van der Waals surface area contributed by atoms with Crippen molar-refractivity contribution in [3.63, 3.8) is 0 Å². The molecule has 0 aliphatic rings. The Kier molecular flexibility index (Phi) is 35.8. The van der Waals surface area contributed by atoms with Crippen molar-refractivity contribution in [1.82, 2.24) is 16.0 Å². The summed E-state index contributed by atoms with van der Waals surface area (Å²) in [7, 11) is 0. The molecular weight excluding hydrogens is 1060 g/mol. The van der Waals surface area contributed by atoms with E-state index >= 15 is 0 Å². The van der Waals surface area contributed by atoms with Crippen molar-refractivity contribution in [2.75, 3.05) is 41.6 Å². The molecule has 3 amide bonds. The number of ketones is 2. The fourth-order valence-corrected chi connectivity index (χ4v) is 4.08. The van der Waals surface area contributed by atoms with E-state index in [0.717, 1.165) is 0 Å². The highest BCUT2D eigenvalue weighted by Crippen LogP contribution is 2.10. The topological polar surface area (TPSA) is 373 Å². The Labute approximate surface area is 346 Å². The lowest BCUT2D eigenvalue weighted by Crippen LogP contribution is -2.57. The summed E-state index contributed by atoms with van der Waals surface area (Å²) in [6.07, 6.45) is -14.8. The molecule has 0 saturated heterocycles. The number of nitrogens with one attached hydrogen (secondary N) is 3. The number of Topliss-reactive ketones (excluding diaryl/α,β-unsaturated/α-hetero) is 2. The number of alkyl halides is 2. The van der Waals surface area contributed by atoms with Gasteiger partial charge in [0.2, 0.25) is 11.1 Å². The molecule has 52 heavy (non-hydrogen) atoms. The largest absolute Gasteiger partial charge is 0.387 e. The molecule has 0 radical (unpaired) electrons. The predicted molar refractivity (Wildman–Crippen MR) is 208 cm³/mol. The number of aliphatic hydroxyl groups is 8. The van der Waals surface area contributed by atoms with Gasteiger partial charge in [0.25, 0.3) is 11.8 Å². The summed E-state index contributed by atoms with van der Waals surface area (Å²) in [4.78, 5) is 77.8. The van der Waals surface area contributed by atoms with Crippen LogP contribution in [-0.2, 0) is 33.6 Å². The summed E-state index contributed by atoms with van der Waals surface area (Å²) >= 11 is 10.2. The Balaban J connectivity index is -0.000000842. The van der Waals surface area contributed by atoms with Crippen molar-refractivity contribution in [1.29, 1.82) is 0 Å². The average molecular weight is 1110 g/mol. The van der Waals surface area contributed by atoms with Gasteiger partial charge in [-0.1, -0.05) is 45.2 Å². The van der Waals surface area contributed by atoms with Gasteiger partial charge in [-0.25, -0.2) is 0 Å². The zero-order valence-corrected chi connectivity index (χ0v) is 35.4. The van der Waals surface area contributed by atoms with E-state index in [1.54, 1.807) is 22.6 Å². The maximum Gasteiger partial charge on any atom is 0.251 e. The average Bonchev–Trinajstić information content (AvgIpc) is 3.13. The van der Waals surface area contributed by atoms with E-state index in [2.05, 4.69) is 27.4 Å². The van der Waals surface area contributed by atoms with Gasteiger partial charge in [0, 0.05) is 38.8 Å². The maximum absolute atomic E-state index is 11.8. The number of aliphatic hydroxyl groups excluding tert-OH is 8. The van der Waals surface area contributed by atoms with Crippen LogP contribution in [0.5, 0.6) is 0 Å². The molecule has 0 unspecified atom stereocenters. The fraction of sp³-hybridized carbons (Fsp3) is 0.750. The molecule has 0 bridgehead atoms. The molecule has 0 aromatic heterocycles. The van der Waals surface area contributed by atoms with Crippen LogP contribution >= 0.6 is 79.4 Å². The minimum Gasteiger partial charge on any atom is -0.387 e. The third-order valence-corrected chi connectivity index (χ3v) is 8.85. The zero-order valence-electron chi connectivity index (χ0n) is 28.2. The van der Waals surface area contributed by atoms with Gasteiger partial charge >= 0.3 is 0 Å². The Morgan fingerprint density at radius 1 is 0.538 bits per heavy atom. The smallest absolute Gasteiger partial charge is 0.251 e. The second kappa shape index (κ2) is 33.5. The van der Waals surface area contributed by atoms with Gasteiger partial charge in [0.15, 0.2) is 27.6 Å². The van der Waals surface area contributed by atoms with Gasteiger partial charge in [0.05, 0.1) is 28.5 Å². The molecule has 0 aromatic carbocycles. The highest BCUT2D eigenvalue weighted by Gasteiger charge is 2.38. The number of hydrogen-bond donors (Lipinski definition) is 13. The van der Waals surface area contributed by atoms with Crippen LogP contribution in [0.3, 0.4) is 0 Å². The SMILES string of the molecule is O=C(Cl)CI.O=C(I)CCCNC(=O)[C@@H](O)[C@H](O)[C@H](O)[C@@H](O)C(=O)CCCNC(=O)CI.[NH3+]CCCC(=O)[C@H](O)[C@@H](O)[C@@H](O)[C@H](O)C(=O)NCC[NH3+]. The highest BCUT2D eigenvalue weighted by atomic mass is 127. The van der Waals surface area contributed by atoms with Crippen molar-refractivity contribution in [3.8, 4) is 0 Å². The summed E-state index contributed by atoms with van der Waals surface area (Å²) < 4.78 is 0.584. The molecule has 8 atom stereocenters. The van der Waals surface area contributed by atoms with Crippen molar-refractivity contribution < 1.29 is 85.9 Å². The van der Waals surface area contributed by atoms with E-state index in [4.69, 9.17) is 11.6 Å². The number of carbonyl (C=O) groups excluding carboxylic acids is 7. The molecule has 0 heterocycles. The molecule has 17 N–H and O–H groups in total. The lowest BCUT2D eigenvalue weighted by atomic mass is 9.97. The van der Waals surface area contributed by atoms with Crippen LogP contribution in [0, 0.1) is 0 Å². The normalized spacial score (nSPS) is 15.3. The lowest BCUT2D eigenvalue weighted by molar-refractivity contribution is -0.368. The minimum atomic E-state index is -2.08. The third kappa shape index (κ3) is 26.9. The molecule has 20 nitrogen and oxygen atoms in total. The molecule has 24 heteroatoms. The van der Waals surface area contributed by atoms with Crippen molar-refractivity contribution >= 4 is 118 Å². The first-order valence-corrected chi connectivity index (χ1v) is 20.1. The van der Waals surface area contributed by atoms with Crippen molar-refractivity contribution in [2.24, 2.45) is 0 Å². The Bertz CT molecular complexity index is 1070. The van der Waals surface area contributed by atoms with Gasteiger partial charge in [-0.05, 0) is 47.0 Å². The van der Waals surface area contributed by atoms with Gasteiger partial charge in [-0.2, -0.15) is 0 Å². The Hall–Kier alpha value is -0.830. The first kappa shape index (κ1) is 55.5. The predicted octanol–water partition coefficient (Wildman–Crippen LogP) is -6.25. The van der Waals surface area contributed by atoms with E-state index in [0.29, 0.717) is 30.4 Å². The van der Waals surface area contributed by atoms with Gasteiger partial charge in [-0.15, -0.1) is 0 Å². The third-order valence-electron chi connectivity index (χ3n) is 6.34. The number of carbonyl (C=O) groups is 7. The number of quaternary nitrogens is 2. The minimum absolute atomic E-state index is 0.00174. The summed E-state index contributed by atoms with van der Waals surface area (Å²) in [6, 6.07) is 0. The Morgan fingerprint density at radius 2 is 0.904 bits per heavy atom. The fourth-order valence-electron chi connectivity index (χ4n) is 3.43. The zero-order chi connectivity index (χ0) is 41.0. The molecule has 304 valence electrons. The van der Waals surface area contributed by atoms with E-state index in [1.165, 1.54) is 0 Å². The number of amides is 3. The second-order valence-corrected chi connectivity index (χ2v) is 13.8. The monoisotopic (exact) mass is 1110 g/mol. The van der Waals surface area contributed by atoms with Crippen LogP contribution in [0.1, 0.15) is 38.5 Å². The molecule has 0 aromatic rings. The van der Waals surface area contributed by atoms with Gasteiger partial charge in [-0.3, -0.25) is 33.6 Å². The van der Waals surface area contributed by atoms with Crippen LogP contribution in [0.2, 0.25) is 0 Å². The number of hydrogen-bond acceptors (Lipinski definition) is 15. The summed E-state index contributed by atoms with van der Waals surface area (Å²) in [6.45, 7) is 1.38. The second-order valence-electron chi connectivity index (χ2n) is 10.6. The van der Waals surface area contributed by atoms with E-state index in [1.807, 2.05) is 45.2 Å². The molecule has 0 rings (SSSR count). The molecule has 0 fully saturated rings. The van der Waals surface area contributed by atoms with Gasteiger partial charge < -0.3 is 68.3 Å². The standard InChI is InChI=1S/C15H24I2N2O8.C11H23N3O6.C2H2ClIO/c16-7-10(22)18-5-1-3-8(20)11(23)12(24)13(25)14(26)15(27)19-6-2-4-9(17)21;12-3-1-2-6(15)7(16)8(17)9(18)10(19)11(20)14-5-4-13;3-2(5)1-4/h11-14,23-26H,1-7H2,(H,18,22)(H,19,27);7-10,16-19H,1-5,12-13H2,(H,14,20);1H2/p+2/t11-,12+,13+,14-;7-,8+,9+,10-;/m00./s1. The molecule has 0 saturated carbocycles. The first-order valence-electron chi connectivity index (χ1n) is 15.6. The molecular formula is C28H51ClI3N5O15+2. The van der Waals surface area contributed by atoms with Gasteiger partial charge in [0.1, 0.15) is 36.6 Å². The number of rotatable bonds is 25. The quantitative estimate of drug-likeness (QED) is 0.0175. The number of halogens is 4.